The third kappa shape index (κ3) is 3.21. The summed E-state index contributed by atoms with van der Waals surface area (Å²) < 4.78 is 5.08. The van der Waals surface area contributed by atoms with Crippen molar-refractivity contribution >= 4 is 46.9 Å². The molecule has 2 N–H and O–H groups in total. The second-order valence-corrected chi connectivity index (χ2v) is 7.86. The minimum Gasteiger partial charge on any atom is -0.477 e. The van der Waals surface area contributed by atoms with Gasteiger partial charge >= 0.3 is 11.9 Å². The Kier molecular flexibility index (Phi) is 5.05. The summed E-state index contributed by atoms with van der Waals surface area (Å²) in [5.74, 6) is -2.93. The van der Waals surface area contributed by atoms with Crippen LogP contribution in [0.4, 0.5) is 0 Å². The van der Waals surface area contributed by atoms with Crippen LogP contribution in [-0.4, -0.2) is 51.1 Å². The van der Waals surface area contributed by atoms with Gasteiger partial charge in [0, 0.05) is 30.1 Å². The number of carbonyl (C=O) groups is 4. The number of amides is 2. The lowest BCUT2D eigenvalue weighted by molar-refractivity contribution is -0.150. The number of β-lactam (4-membered cyclic amide) rings is 1. The Hall–Kier alpha value is -2.33. The number of hydrogen-bond acceptors (Lipinski definition) is 7. The summed E-state index contributed by atoms with van der Waals surface area (Å²) in [5.41, 5.74) is -0.0475. The van der Waals surface area contributed by atoms with Crippen molar-refractivity contribution in [1.29, 1.82) is 0 Å². The van der Waals surface area contributed by atoms with E-state index in [1.807, 2.05) is 17.5 Å². The van der Waals surface area contributed by atoms with Crippen LogP contribution in [-0.2, 0) is 23.9 Å². The van der Waals surface area contributed by atoms with Crippen LogP contribution in [0.3, 0.4) is 0 Å². The largest absolute Gasteiger partial charge is 0.477 e. The highest BCUT2D eigenvalue weighted by atomic mass is 32.2. The first-order valence-corrected chi connectivity index (χ1v) is 9.62. The molecule has 0 spiro atoms. The normalized spacial score (nSPS) is 23.0. The molecule has 1 saturated heterocycles. The summed E-state index contributed by atoms with van der Waals surface area (Å²) in [7, 11) is 0. The molecule has 8 nitrogen and oxygen atoms in total. The highest BCUT2D eigenvalue weighted by Gasteiger charge is 2.55. The van der Waals surface area contributed by atoms with E-state index >= 15 is 0 Å². The van der Waals surface area contributed by atoms with Crippen LogP contribution in [0.15, 0.2) is 28.8 Å². The van der Waals surface area contributed by atoms with Gasteiger partial charge in [-0.15, -0.1) is 23.1 Å². The van der Waals surface area contributed by atoms with E-state index < -0.39 is 24.1 Å². The van der Waals surface area contributed by atoms with Gasteiger partial charge in [0.1, 0.15) is 11.6 Å². The Morgan fingerprint density at radius 2 is 2.12 bits per heavy atom. The average Bonchev–Trinajstić information content (AvgIpc) is 3.05. The topological polar surface area (TPSA) is 113 Å². The molecule has 0 saturated carbocycles. The lowest BCUT2D eigenvalue weighted by atomic mass is 9.93. The smallest absolute Gasteiger partial charge is 0.352 e. The van der Waals surface area contributed by atoms with Gasteiger partial charge in [0.15, 0.2) is 0 Å². The highest BCUT2D eigenvalue weighted by Crippen LogP contribution is 2.49. The first-order valence-electron chi connectivity index (χ1n) is 7.70. The molecular weight excluding hydrogens is 380 g/mol. The maximum atomic E-state index is 12.6. The number of carboxylic acids is 1. The molecular formula is C16H16N2O6S2. The van der Waals surface area contributed by atoms with Gasteiger partial charge in [-0.25, -0.2) is 4.79 Å². The number of rotatable bonds is 5. The number of carboxylic acid groups (broad SMARTS) is 1. The van der Waals surface area contributed by atoms with Gasteiger partial charge in [-0.2, -0.15) is 0 Å². The summed E-state index contributed by atoms with van der Waals surface area (Å²) in [4.78, 5) is 49.4. The van der Waals surface area contributed by atoms with E-state index in [0.717, 1.165) is 11.8 Å². The van der Waals surface area contributed by atoms with Gasteiger partial charge in [-0.3, -0.25) is 19.3 Å². The number of hydrogen-bond donors (Lipinski definition) is 2. The second kappa shape index (κ2) is 7.12. The Morgan fingerprint density at radius 1 is 1.38 bits per heavy atom. The molecule has 1 aromatic heterocycles. The first kappa shape index (κ1) is 18.5. The van der Waals surface area contributed by atoms with Gasteiger partial charge in [0.25, 0.3) is 0 Å². The van der Waals surface area contributed by atoms with Crippen molar-refractivity contribution < 1.29 is 29.0 Å². The zero-order valence-electron chi connectivity index (χ0n) is 13.9. The molecule has 10 heteroatoms. The van der Waals surface area contributed by atoms with Crippen LogP contribution in [0.2, 0.25) is 0 Å². The van der Waals surface area contributed by atoms with Gasteiger partial charge in [-0.1, -0.05) is 6.07 Å². The molecule has 1 unspecified atom stereocenters. The third-order valence-electron chi connectivity index (χ3n) is 3.98. The van der Waals surface area contributed by atoms with Crippen LogP contribution in [0.5, 0.6) is 0 Å². The fraction of sp³-hybridized carbons (Fsp3) is 0.375. The van der Waals surface area contributed by atoms with Crippen LogP contribution in [0.25, 0.3) is 0 Å². The fourth-order valence-electron chi connectivity index (χ4n) is 2.98. The Labute approximate surface area is 157 Å². The molecule has 2 amide bonds. The SMILES string of the molecule is CC(=O)NC(OC(C)=O)C1=C(C(=O)O)N2C(=O)[C@@H](c3cccs3)[C@H]2SC1. The van der Waals surface area contributed by atoms with E-state index in [1.165, 1.54) is 34.9 Å². The number of thiophene rings is 1. The van der Waals surface area contributed by atoms with Crippen molar-refractivity contribution in [2.45, 2.75) is 31.4 Å². The standard InChI is InChI=1S/C16H16N2O6S2/c1-7(19)17-13(24-8(2)20)9-6-26-15-11(10-4-3-5-25-10)14(21)18(15)12(9)16(22)23/h3-5,11,13,15H,6H2,1-2H3,(H,17,19)(H,22,23)/t11-,13?,15-/m1/s1. The second-order valence-electron chi connectivity index (χ2n) is 5.77. The number of thioether (sulfide) groups is 1. The zero-order chi connectivity index (χ0) is 19.0. The third-order valence-corrected chi connectivity index (χ3v) is 6.24. The number of carbonyl (C=O) groups excluding carboxylic acids is 3. The van der Waals surface area contributed by atoms with E-state index in [0.29, 0.717) is 0 Å². The molecule has 2 aliphatic heterocycles. The molecule has 1 aromatic rings. The Morgan fingerprint density at radius 3 is 2.65 bits per heavy atom. The molecule has 26 heavy (non-hydrogen) atoms. The van der Waals surface area contributed by atoms with Crippen molar-refractivity contribution in [1.82, 2.24) is 10.2 Å². The number of nitrogens with one attached hydrogen (secondary N) is 1. The number of aliphatic carboxylic acids is 1. The number of ether oxygens (including phenoxy) is 1. The van der Waals surface area contributed by atoms with E-state index in [-0.39, 0.29) is 34.2 Å². The fourth-order valence-corrected chi connectivity index (χ4v) is 5.37. The summed E-state index contributed by atoms with van der Waals surface area (Å²) in [6.45, 7) is 2.40. The molecule has 3 atom stereocenters. The Bertz CT molecular complexity index is 788. The minimum absolute atomic E-state index is 0.183. The van der Waals surface area contributed by atoms with Gasteiger partial charge < -0.3 is 15.2 Å². The number of esters is 1. The molecule has 0 radical (unpaired) electrons. The maximum Gasteiger partial charge on any atom is 0.352 e. The summed E-state index contributed by atoms with van der Waals surface area (Å²) in [5, 5.41) is 13.6. The van der Waals surface area contributed by atoms with Gasteiger partial charge in [-0.05, 0) is 11.4 Å². The zero-order valence-corrected chi connectivity index (χ0v) is 15.6. The molecule has 2 aliphatic rings. The molecule has 3 rings (SSSR count). The monoisotopic (exact) mass is 396 g/mol. The van der Waals surface area contributed by atoms with Crippen molar-refractivity contribution in [3.8, 4) is 0 Å². The van der Waals surface area contributed by atoms with Crippen molar-refractivity contribution in [2.75, 3.05) is 5.75 Å². The van der Waals surface area contributed by atoms with Gasteiger partial charge in [0.2, 0.25) is 18.0 Å². The van der Waals surface area contributed by atoms with Crippen molar-refractivity contribution in [3.63, 3.8) is 0 Å². The summed E-state index contributed by atoms with van der Waals surface area (Å²) in [6.07, 6.45) is -1.22. The van der Waals surface area contributed by atoms with Crippen LogP contribution >= 0.6 is 23.1 Å². The molecule has 138 valence electrons. The van der Waals surface area contributed by atoms with Crippen LogP contribution in [0.1, 0.15) is 24.6 Å². The predicted molar refractivity (Wildman–Crippen MR) is 94.2 cm³/mol. The minimum atomic E-state index is -1.30. The van der Waals surface area contributed by atoms with E-state index in [9.17, 15) is 24.3 Å². The molecule has 0 aliphatic carbocycles. The van der Waals surface area contributed by atoms with Crippen molar-refractivity contribution in [3.05, 3.63) is 33.7 Å². The summed E-state index contributed by atoms with van der Waals surface area (Å²) in [6, 6.07) is 3.69. The van der Waals surface area contributed by atoms with Crippen LogP contribution in [0, 0.1) is 0 Å². The van der Waals surface area contributed by atoms with E-state index in [2.05, 4.69) is 5.32 Å². The predicted octanol–water partition coefficient (Wildman–Crippen LogP) is 1.11. The number of fused-ring (bicyclic) bond motifs is 1. The number of nitrogens with zero attached hydrogens (tertiary/aromatic N) is 1. The molecule has 3 heterocycles. The maximum absolute atomic E-state index is 12.6. The lowest BCUT2D eigenvalue weighted by Crippen LogP contribution is -2.60. The van der Waals surface area contributed by atoms with E-state index in [4.69, 9.17) is 4.74 Å². The highest BCUT2D eigenvalue weighted by molar-refractivity contribution is 8.00. The van der Waals surface area contributed by atoms with E-state index in [1.54, 1.807) is 0 Å². The van der Waals surface area contributed by atoms with Crippen molar-refractivity contribution in [2.24, 2.45) is 0 Å². The molecule has 1 fully saturated rings. The average molecular weight is 396 g/mol. The quantitative estimate of drug-likeness (QED) is 0.435. The molecule has 0 aromatic carbocycles. The molecule has 0 bridgehead atoms. The summed E-state index contributed by atoms with van der Waals surface area (Å²) >= 11 is 2.83. The van der Waals surface area contributed by atoms with Gasteiger partial charge in [0.05, 0.1) is 5.37 Å². The first-order chi connectivity index (χ1) is 12.3. The Balaban J connectivity index is 1.97. The van der Waals surface area contributed by atoms with Crippen LogP contribution < -0.4 is 5.32 Å². The lowest BCUT2D eigenvalue weighted by Gasteiger charge is -2.49.